The Bertz CT molecular complexity index is 1220. The number of phenolic OH excluding ortho intramolecular Hbond substituents is 1. The number of amides is 1. The number of rotatable bonds is 4. The smallest absolute Gasteiger partial charge is 0.271 e. The first-order valence-corrected chi connectivity index (χ1v) is 9.29. The van der Waals surface area contributed by atoms with E-state index in [2.05, 4.69) is 15.5 Å². The van der Waals surface area contributed by atoms with Crippen LogP contribution in [0, 0.1) is 0 Å². The fraction of sp³-hybridized carbons (Fsp3) is 0.200. The molecular formula is C20H17ClN4O4. The molecule has 1 amide bonds. The van der Waals surface area contributed by atoms with Crippen LogP contribution in [0.2, 0.25) is 5.02 Å². The van der Waals surface area contributed by atoms with Crippen LogP contribution in [-0.4, -0.2) is 33.9 Å². The van der Waals surface area contributed by atoms with Gasteiger partial charge < -0.3 is 9.84 Å². The highest BCUT2D eigenvalue weighted by Crippen LogP contribution is 2.34. The summed E-state index contributed by atoms with van der Waals surface area (Å²) in [5.41, 5.74) is 3.72. The van der Waals surface area contributed by atoms with Gasteiger partial charge in [-0.1, -0.05) is 11.6 Å². The number of ether oxygens (including phenoxy) is 1. The van der Waals surface area contributed by atoms with E-state index in [1.54, 1.807) is 22.8 Å². The Morgan fingerprint density at radius 2 is 2.21 bits per heavy atom. The molecule has 29 heavy (non-hydrogen) atoms. The molecular weight excluding hydrogens is 396 g/mol. The van der Waals surface area contributed by atoms with Crippen LogP contribution in [0.1, 0.15) is 28.2 Å². The van der Waals surface area contributed by atoms with Gasteiger partial charge in [0.05, 0.1) is 29.2 Å². The number of aromatic nitrogens is 2. The van der Waals surface area contributed by atoms with Crippen LogP contribution < -0.4 is 15.7 Å². The van der Waals surface area contributed by atoms with Crippen molar-refractivity contribution in [3.05, 3.63) is 62.7 Å². The lowest BCUT2D eigenvalue weighted by molar-refractivity contribution is 0.0955. The van der Waals surface area contributed by atoms with Crippen LogP contribution in [0.3, 0.4) is 0 Å². The Balaban J connectivity index is 1.55. The number of hydrogen-bond donors (Lipinski definition) is 2. The van der Waals surface area contributed by atoms with E-state index in [1.165, 1.54) is 25.5 Å². The molecule has 2 N–H and O–H groups in total. The van der Waals surface area contributed by atoms with Gasteiger partial charge in [0.2, 0.25) is 0 Å². The van der Waals surface area contributed by atoms with E-state index in [4.69, 9.17) is 16.3 Å². The van der Waals surface area contributed by atoms with Gasteiger partial charge in [-0.25, -0.2) is 10.4 Å². The van der Waals surface area contributed by atoms with Crippen LogP contribution in [0.15, 0.2) is 40.2 Å². The number of nitrogens with zero attached hydrogens (tertiary/aromatic N) is 3. The number of carbonyl (C=O) groups excluding carboxylic acids is 1. The van der Waals surface area contributed by atoms with Crippen LogP contribution in [0.5, 0.6) is 11.5 Å². The van der Waals surface area contributed by atoms with E-state index >= 15 is 0 Å². The quantitative estimate of drug-likeness (QED) is 0.506. The van der Waals surface area contributed by atoms with Crippen molar-refractivity contribution in [2.24, 2.45) is 5.10 Å². The number of nitrogens with one attached hydrogen (secondary N) is 1. The standard InChI is InChI=1S/C20H17ClN4O4/c1-29-16-8-11(7-14(21)18(16)26)10-22-24-19(27)12-4-5-13-15(9-12)23-17-3-2-6-25(17)20(13)28/h4-5,7-10,26H,2-3,6H2,1H3,(H,24,27)/b22-10+. The highest BCUT2D eigenvalue weighted by molar-refractivity contribution is 6.32. The molecule has 0 saturated heterocycles. The zero-order valence-electron chi connectivity index (χ0n) is 15.5. The second-order valence-corrected chi connectivity index (χ2v) is 6.98. The van der Waals surface area contributed by atoms with Crippen LogP contribution in [0.25, 0.3) is 10.9 Å². The van der Waals surface area contributed by atoms with Crippen molar-refractivity contribution in [1.82, 2.24) is 15.0 Å². The van der Waals surface area contributed by atoms with Gasteiger partial charge in [0.25, 0.3) is 11.5 Å². The van der Waals surface area contributed by atoms with E-state index in [0.717, 1.165) is 18.7 Å². The third-order valence-corrected chi connectivity index (χ3v) is 5.02. The SMILES string of the molecule is COc1cc(/C=N/NC(=O)c2ccc3c(=O)n4c(nc3c2)CCC4)cc(Cl)c1O. The monoisotopic (exact) mass is 412 g/mol. The average molecular weight is 413 g/mol. The highest BCUT2D eigenvalue weighted by atomic mass is 35.5. The number of aryl methyl sites for hydroxylation is 1. The Kier molecular flexibility index (Phi) is 4.94. The zero-order chi connectivity index (χ0) is 20.5. The summed E-state index contributed by atoms with van der Waals surface area (Å²) >= 11 is 5.93. The first-order chi connectivity index (χ1) is 14.0. The first-order valence-electron chi connectivity index (χ1n) is 8.91. The highest BCUT2D eigenvalue weighted by Gasteiger charge is 2.17. The predicted molar refractivity (Wildman–Crippen MR) is 109 cm³/mol. The number of benzene rings is 2. The molecule has 2 aromatic carbocycles. The number of aromatic hydroxyl groups is 1. The average Bonchev–Trinajstić information content (AvgIpc) is 3.19. The normalized spacial score (nSPS) is 13.0. The summed E-state index contributed by atoms with van der Waals surface area (Å²) in [6.45, 7) is 0.681. The first kappa shape index (κ1) is 18.9. The van der Waals surface area contributed by atoms with E-state index in [9.17, 15) is 14.7 Å². The second kappa shape index (κ2) is 7.56. The number of hydrazone groups is 1. The third-order valence-electron chi connectivity index (χ3n) is 4.73. The number of carbonyl (C=O) groups is 1. The Morgan fingerprint density at radius 3 is 3.00 bits per heavy atom. The van der Waals surface area contributed by atoms with Crippen molar-refractivity contribution in [2.75, 3.05) is 7.11 Å². The van der Waals surface area contributed by atoms with Gasteiger partial charge >= 0.3 is 0 Å². The lowest BCUT2D eigenvalue weighted by Gasteiger charge is -2.07. The van der Waals surface area contributed by atoms with Crippen LogP contribution in [-0.2, 0) is 13.0 Å². The van der Waals surface area contributed by atoms with Crippen molar-refractivity contribution in [1.29, 1.82) is 0 Å². The Labute approximate surface area is 170 Å². The van der Waals surface area contributed by atoms with E-state index < -0.39 is 5.91 Å². The number of methoxy groups -OCH3 is 1. The van der Waals surface area contributed by atoms with E-state index in [-0.39, 0.29) is 22.1 Å². The van der Waals surface area contributed by atoms with Gasteiger partial charge in [-0.05, 0) is 42.3 Å². The molecule has 4 rings (SSSR count). The van der Waals surface area contributed by atoms with Gasteiger partial charge in [-0.3, -0.25) is 14.2 Å². The molecule has 2 heterocycles. The maximum absolute atomic E-state index is 12.5. The molecule has 148 valence electrons. The largest absolute Gasteiger partial charge is 0.503 e. The molecule has 0 radical (unpaired) electrons. The molecule has 9 heteroatoms. The van der Waals surface area contributed by atoms with Crippen molar-refractivity contribution in [2.45, 2.75) is 19.4 Å². The molecule has 1 aromatic heterocycles. The molecule has 0 atom stereocenters. The van der Waals surface area contributed by atoms with Gasteiger partial charge in [-0.2, -0.15) is 5.10 Å². The molecule has 8 nitrogen and oxygen atoms in total. The summed E-state index contributed by atoms with van der Waals surface area (Å²) in [7, 11) is 1.41. The van der Waals surface area contributed by atoms with Crippen LogP contribution >= 0.6 is 11.6 Å². The van der Waals surface area contributed by atoms with Gasteiger partial charge in [0, 0.05) is 18.5 Å². The summed E-state index contributed by atoms with van der Waals surface area (Å²) in [4.78, 5) is 29.4. The summed E-state index contributed by atoms with van der Waals surface area (Å²) in [5.74, 6) is 0.338. The van der Waals surface area contributed by atoms with Gasteiger partial charge in [0.15, 0.2) is 11.5 Å². The molecule has 1 aliphatic heterocycles. The number of hydrogen-bond acceptors (Lipinski definition) is 6. The lowest BCUT2D eigenvalue weighted by atomic mass is 10.1. The maximum Gasteiger partial charge on any atom is 0.271 e. The van der Waals surface area contributed by atoms with Crippen molar-refractivity contribution >= 4 is 34.6 Å². The minimum atomic E-state index is -0.442. The summed E-state index contributed by atoms with van der Waals surface area (Å²) in [6.07, 6.45) is 3.03. The Hall–Kier alpha value is -3.39. The number of halogens is 1. The third kappa shape index (κ3) is 3.54. The Morgan fingerprint density at radius 1 is 1.38 bits per heavy atom. The van der Waals surface area contributed by atoms with E-state index in [1.807, 2.05) is 0 Å². The van der Waals surface area contributed by atoms with Gasteiger partial charge in [0.1, 0.15) is 5.82 Å². The minimum Gasteiger partial charge on any atom is -0.503 e. The molecule has 1 aliphatic rings. The van der Waals surface area contributed by atoms with Gasteiger partial charge in [-0.15, -0.1) is 0 Å². The molecule has 0 saturated carbocycles. The van der Waals surface area contributed by atoms with Crippen LogP contribution in [0.4, 0.5) is 0 Å². The fourth-order valence-corrected chi connectivity index (χ4v) is 3.50. The molecule has 3 aromatic rings. The summed E-state index contributed by atoms with van der Waals surface area (Å²) in [6, 6.07) is 7.78. The zero-order valence-corrected chi connectivity index (χ0v) is 16.2. The predicted octanol–water partition coefficient (Wildman–Crippen LogP) is 2.47. The molecule has 0 aliphatic carbocycles. The maximum atomic E-state index is 12.5. The molecule has 0 unspecified atom stereocenters. The number of phenols is 1. The summed E-state index contributed by atoms with van der Waals surface area (Å²) in [5, 5.41) is 14.3. The number of fused-ring (bicyclic) bond motifs is 2. The topological polar surface area (TPSA) is 106 Å². The van der Waals surface area contributed by atoms with Crippen molar-refractivity contribution in [3.63, 3.8) is 0 Å². The molecule has 0 fully saturated rings. The van der Waals surface area contributed by atoms with E-state index in [0.29, 0.717) is 28.6 Å². The summed E-state index contributed by atoms with van der Waals surface area (Å²) < 4.78 is 6.71. The fourth-order valence-electron chi connectivity index (χ4n) is 3.28. The lowest BCUT2D eigenvalue weighted by Crippen LogP contribution is -2.22. The minimum absolute atomic E-state index is 0.0781. The van der Waals surface area contributed by atoms with Crippen molar-refractivity contribution in [3.8, 4) is 11.5 Å². The molecule has 0 bridgehead atoms. The second-order valence-electron chi connectivity index (χ2n) is 6.57. The van der Waals surface area contributed by atoms with Crippen molar-refractivity contribution < 1.29 is 14.6 Å². The molecule has 0 spiro atoms.